The van der Waals surface area contributed by atoms with E-state index in [1.165, 1.54) is 0 Å². The summed E-state index contributed by atoms with van der Waals surface area (Å²) in [5.74, 6) is -1.55. The average molecular weight is 454 g/mol. The SMILES string of the molecule is CCOC(=O)[C@@](O)(CC(=O)OCc1ccccc1)c1ccc(I)cc1. The van der Waals surface area contributed by atoms with E-state index in [0.29, 0.717) is 5.56 Å². The van der Waals surface area contributed by atoms with Crippen LogP contribution in [0, 0.1) is 3.57 Å². The van der Waals surface area contributed by atoms with Crippen molar-refractivity contribution in [2.75, 3.05) is 6.61 Å². The first kappa shape index (κ1) is 19.4. The zero-order valence-corrected chi connectivity index (χ0v) is 15.9. The Hall–Kier alpha value is -1.93. The van der Waals surface area contributed by atoms with Crippen LogP contribution in [-0.2, 0) is 31.3 Å². The minimum Gasteiger partial charge on any atom is -0.464 e. The van der Waals surface area contributed by atoms with Gasteiger partial charge in [-0.05, 0) is 52.8 Å². The van der Waals surface area contributed by atoms with Crippen molar-refractivity contribution in [2.45, 2.75) is 25.6 Å². The van der Waals surface area contributed by atoms with Crippen LogP contribution in [0.2, 0.25) is 0 Å². The molecule has 0 aliphatic rings. The van der Waals surface area contributed by atoms with Crippen molar-refractivity contribution >= 4 is 34.5 Å². The van der Waals surface area contributed by atoms with Crippen LogP contribution < -0.4 is 0 Å². The Kier molecular flexibility index (Phi) is 6.95. The van der Waals surface area contributed by atoms with Crippen LogP contribution >= 0.6 is 22.6 Å². The maximum atomic E-state index is 12.3. The first-order valence-corrected chi connectivity index (χ1v) is 8.89. The Balaban J connectivity index is 2.13. The lowest BCUT2D eigenvalue weighted by atomic mass is 9.90. The predicted octanol–water partition coefficient (Wildman–Crippen LogP) is 3.18. The number of ether oxygens (including phenoxy) is 2. The normalized spacial score (nSPS) is 12.9. The van der Waals surface area contributed by atoms with Gasteiger partial charge in [0.25, 0.3) is 0 Å². The Morgan fingerprint density at radius 1 is 1.04 bits per heavy atom. The summed E-state index contributed by atoms with van der Waals surface area (Å²) in [5, 5.41) is 10.9. The van der Waals surface area contributed by atoms with E-state index in [2.05, 4.69) is 22.6 Å². The fraction of sp³-hybridized carbons (Fsp3) is 0.263. The summed E-state index contributed by atoms with van der Waals surface area (Å²) >= 11 is 2.11. The molecule has 2 aromatic rings. The third kappa shape index (κ3) is 5.27. The molecule has 0 aliphatic carbocycles. The second-order valence-electron chi connectivity index (χ2n) is 5.41. The van der Waals surface area contributed by atoms with E-state index in [0.717, 1.165) is 9.13 Å². The summed E-state index contributed by atoms with van der Waals surface area (Å²) in [6.07, 6.45) is -0.515. The van der Waals surface area contributed by atoms with Crippen LogP contribution in [0.5, 0.6) is 0 Å². The molecule has 132 valence electrons. The fourth-order valence-corrected chi connectivity index (χ4v) is 2.63. The number of hydrogen-bond acceptors (Lipinski definition) is 5. The first-order chi connectivity index (χ1) is 12.0. The van der Waals surface area contributed by atoms with Gasteiger partial charge in [-0.3, -0.25) is 4.79 Å². The molecule has 0 bridgehead atoms. The lowest BCUT2D eigenvalue weighted by molar-refractivity contribution is -0.174. The van der Waals surface area contributed by atoms with Gasteiger partial charge in [-0.15, -0.1) is 0 Å². The lowest BCUT2D eigenvalue weighted by Gasteiger charge is -2.25. The highest BCUT2D eigenvalue weighted by Gasteiger charge is 2.42. The zero-order chi connectivity index (χ0) is 18.3. The van der Waals surface area contributed by atoms with Crippen LogP contribution in [-0.4, -0.2) is 23.7 Å². The number of carbonyl (C=O) groups is 2. The maximum Gasteiger partial charge on any atom is 0.343 e. The predicted molar refractivity (Wildman–Crippen MR) is 101 cm³/mol. The molecular formula is C19H19IO5. The van der Waals surface area contributed by atoms with E-state index in [1.807, 2.05) is 30.3 Å². The van der Waals surface area contributed by atoms with E-state index in [1.54, 1.807) is 31.2 Å². The number of benzene rings is 2. The van der Waals surface area contributed by atoms with Crippen LogP contribution in [0.4, 0.5) is 0 Å². The van der Waals surface area contributed by atoms with Crippen molar-refractivity contribution in [3.05, 3.63) is 69.3 Å². The molecule has 6 heteroatoms. The van der Waals surface area contributed by atoms with Gasteiger partial charge in [-0.1, -0.05) is 42.5 Å². The molecule has 2 rings (SSSR count). The molecule has 0 unspecified atom stereocenters. The van der Waals surface area contributed by atoms with Crippen LogP contribution in [0.25, 0.3) is 0 Å². The highest BCUT2D eigenvalue weighted by molar-refractivity contribution is 14.1. The standard InChI is InChI=1S/C19H19IO5/c1-2-24-18(22)19(23,15-8-10-16(20)11-9-15)12-17(21)25-13-14-6-4-3-5-7-14/h3-11,23H,2,12-13H2,1H3/t19-/m1/s1. The summed E-state index contributed by atoms with van der Waals surface area (Å²) in [6, 6.07) is 15.9. The third-order valence-electron chi connectivity index (χ3n) is 3.58. The van der Waals surface area contributed by atoms with Gasteiger partial charge in [0.1, 0.15) is 6.61 Å². The molecular weight excluding hydrogens is 435 g/mol. The molecule has 1 N–H and O–H groups in total. The summed E-state index contributed by atoms with van der Waals surface area (Å²) in [7, 11) is 0. The van der Waals surface area contributed by atoms with Gasteiger partial charge in [0.05, 0.1) is 13.0 Å². The smallest absolute Gasteiger partial charge is 0.343 e. The number of rotatable bonds is 7. The molecule has 0 aliphatic heterocycles. The van der Waals surface area contributed by atoms with Gasteiger partial charge >= 0.3 is 11.9 Å². The van der Waals surface area contributed by atoms with E-state index < -0.39 is 24.0 Å². The molecule has 2 aromatic carbocycles. The number of esters is 2. The number of hydrogen-bond donors (Lipinski definition) is 1. The highest BCUT2D eigenvalue weighted by Crippen LogP contribution is 2.28. The fourth-order valence-electron chi connectivity index (χ4n) is 2.27. The van der Waals surface area contributed by atoms with Crippen LogP contribution in [0.15, 0.2) is 54.6 Å². The van der Waals surface area contributed by atoms with Crippen molar-refractivity contribution < 1.29 is 24.2 Å². The van der Waals surface area contributed by atoms with Gasteiger partial charge in [0.2, 0.25) is 0 Å². The topological polar surface area (TPSA) is 72.8 Å². The van der Waals surface area contributed by atoms with E-state index in [-0.39, 0.29) is 13.2 Å². The minimum atomic E-state index is -2.08. The van der Waals surface area contributed by atoms with Crippen LogP contribution in [0.3, 0.4) is 0 Å². The Morgan fingerprint density at radius 2 is 1.68 bits per heavy atom. The van der Waals surface area contributed by atoms with Crippen LogP contribution in [0.1, 0.15) is 24.5 Å². The molecule has 0 saturated heterocycles. The Labute approximate surface area is 160 Å². The number of carbonyl (C=O) groups excluding carboxylic acids is 2. The van der Waals surface area contributed by atoms with Gasteiger partial charge in [-0.2, -0.15) is 0 Å². The highest BCUT2D eigenvalue weighted by atomic mass is 127. The summed E-state index contributed by atoms with van der Waals surface area (Å²) in [6.45, 7) is 1.82. The molecule has 0 amide bonds. The molecule has 0 radical (unpaired) electrons. The molecule has 0 heterocycles. The Morgan fingerprint density at radius 3 is 2.28 bits per heavy atom. The Bertz CT molecular complexity index is 714. The minimum absolute atomic E-state index is 0.0747. The monoisotopic (exact) mass is 454 g/mol. The van der Waals surface area contributed by atoms with Gasteiger partial charge in [-0.25, -0.2) is 4.79 Å². The van der Waals surface area contributed by atoms with Gasteiger partial charge in [0, 0.05) is 3.57 Å². The van der Waals surface area contributed by atoms with Crippen molar-refractivity contribution in [2.24, 2.45) is 0 Å². The van der Waals surface area contributed by atoms with Crippen molar-refractivity contribution in [3.63, 3.8) is 0 Å². The van der Waals surface area contributed by atoms with Crippen molar-refractivity contribution in [3.8, 4) is 0 Å². The van der Waals surface area contributed by atoms with E-state index in [4.69, 9.17) is 9.47 Å². The average Bonchev–Trinajstić information content (AvgIpc) is 2.61. The van der Waals surface area contributed by atoms with Gasteiger partial charge in [0.15, 0.2) is 5.60 Å². The summed E-state index contributed by atoms with van der Waals surface area (Å²) < 4.78 is 11.1. The number of aliphatic hydroxyl groups is 1. The lowest BCUT2D eigenvalue weighted by Crippen LogP contribution is -2.40. The molecule has 0 spiro atoms. The summed E-state index contributed by atoms with van der Waals surface area (Å²) in [4.78, 5) is 24.5. The van der Waals surface area contributed by atoms with Crippen molar-refractivity contribution in [1.82, 2.24) is 0 Å². The molecule has 5 nitrogen and oxygen atoms in total. The molecule has 25 heavy (non-hydrogen) atoms. The second kappa shape index (κ2) is 8.96. The molecule has 1 atom stereocenters. The maximum absolute atomic E-state index is 12.3. The second-order valence-corrected chi connectivity index (χ2v) is 6.66. The quantitative estimate of drug-likeness (QED) is 0.514. The number of halogens is 1. The zero-order valence-electron chi connectivity index (χ0n) is 13.8. The largest absolute Gasteiger partial charge is 0.464 e. The third-order valence-corrected chi connectivity index (χ3v) is 4.30. The molecule has 0 fully saturated rings. The summed E-state index contributed by atoms with van der Waals surface area (Å²) in [5.41, 5.74) is -0.957. The first-order valence-electron chi connectivity index (χ1n) is 7.81. The molecule has 0 saturated carbocycles. The molecule has 0 aromatic heterocycles. The van der Waals surface area contributed by atoms with Crippen molar-refractivity contribution in [1.29, 1.82) is 0 Å². The van der Waals surface area contributed by atoms with E-state index in [9.17, 15) is 14.7 Å². The van der Waals surface area contributed by atoms with Gasteiger partial charge < -0.3 is 14.6 Å². The van der Waals surface area contributed by atoms with E-state index >= 15 is 0 Å².